The molecule has 0 radical (unpaired) electrons. The third-order valence-corrected chi connectivity index (χ3v) is 1.76. The first-order valence-electron chi connectivity index (χ1n) is 3.87. The van der Waals surface area contributed by atoms with Gasteiger partial charge in [0.1, 0.15) is 17.1 Å². The Bertz CT molecular complexity index is 396. The average molecular weight is 220 g/mol. The molecule has 4 nitrogen and oxygen atoms in total. The zero-order valence-electron chi connectivity index (χ0n) is 7.38. The Morgan fingerprint density at radius 3 is 2.60 bits per heavy atom. The minimum atomic E-state index is -3.14. The fourth-order valence-electron chi connectivity index (χ4n) is 1.05. The molecule has 3 N–H and O–H groups in total. The van der Waals surface area contributed by atoms with E-state index in [1.165, 1.54) is 0 Å². The number of nitrogens with zero attached hydrogens (tertiary/aromatic N) is 1. The third-order valence-electron chi connectivity index (χ3n) is 1.76. The van der Waals surface area contributed by atoms with Crippen LogP contribution in [0.3, 0.4) is 0 Å². The molecule has 7 heteroatoms. The van der Waals surface area contributed by atoms with Gasteiger partial charge in [0.05, 0.1) is 0 Å². The topological polar surface area (TPSA) is 76.2 Å². The van der Waals surface area contributed by atoms with Crippen LogP contribution >= 0.6 is 0 Å². The maximum Gasteiger partial charge on any atom is 0.340 e. The van der Waals surface area contributed by atoms with Crippen LogP contribution in [-0.2, 0) is 6.54 Å². The second kappa shape index (κ2) is 4.26. The van der Waals surface area contributed by atoms with Crippen LogP contribution in [0.15, 0.2) is 6.20 Å². The molecule has 1 aromatic heterocycles. The van der Waals surface area contributed by atoms with E-state index in [1.807, 2.05) is 0 Å². The molecular formula is C8H7F3N2O2. The van der Waals surface area contributed by atoms with Crippen molar-refractivity contribution in [3.8, 4) is 0 Å². The fourth-order valence-corrected chi connectivity index (χ4v) is 1.05. The number of nitrogens with two attached hydrogens (primary N) is 1. The summed E-state index contributed by atoms with van der Waals surface area (Å²) in [4.78, 5) is 13.7. The van der Waals surface area contributed by atoms with E-state index in [9.17, 15) is 18.0 Å². The number of hydrogen-bond donors (Lipinski definition) is 2. The Morgan fingerprint density at radius 2 is 2.20 bits per heavy atom. The van der Waals surface area contributed by atoms with Crippen molar-refractivity contribution in [3.05, 3.63) is 28.8 Å². The number of alkyl halides is 2. The maximum absolute atomic E-state index is 13.3. The molecule has 0 aliphatic carbocycles. The van der Waals surface area contributed by atoms with Crippen LogP contribution in [0, 0.1) is 5.82 Å². The second-order valence-corrected chi connectivity index (χ2v) is 2.67. The Hall–Kier alpha value is -1.63. The van der Waals surface area contributed by atoms with Gasteiger partial charge in [-0.15, -0.1) is 0 Å². The number of aromatic carboxylic acids is 1. The molecule has 1 rings (SSSR count). The Kier molecular flexibility index (Phi) is 3.25. The molecule has 1 heterocycles. The molecule has 82 valence electrons. The fraction of sp³-hybridized carbons (Fsp3) is 0.250. The van der Waals surface area contributed by atoms with E-state index in [-0.39, 0.29) is 12.1 Å². The minimum Gasteiger partial charge on any atom is -0.478 e. The summed E-state index contributed by atoms with van der Waals surface area (Å²) in [5.74, 6) is -3.04. The highest BCUT2D eigenvalue weighted by molar-refractivity contribution is 5.89. The van der Waals surface area contributed by atoms with Crippen molar-refractivity contribution in [1.82, 2.24) is 4.98 Å². The Morgan fingerprint density at radius 1 is 1.60 bits per heavy atom. The summed E-state index contributed by atoms with van der Waals surface area (Å²) in [6, 6.07) is 0. The molecule has 0 aliphatic heterocycles. The zero-order valence-corrected chi connectivity index (χ0v) is 7.38. The summed E-state index contributed by atoms with van der Waals surface area (Å²) < 4.78 is 37.9. The van der Waals surface area contributed by atoms with Crippen LogP contribution in [0.2, 0.25) is 0 Å². The van der Waals surface area contributed by atoms with Gasteiger partial charge in [-0.05, 0) is 0 Å². The van der Waals surface area contributed by atoms with E-state index in [0.717, 1.165) is 6.20 Å². The van der Waals surface area contributed by atoms with E-state index >= 15 is 0 Å². The molecule has 0 saturated heterocycles. The maximum atomic E-state index is 13.3. The first-order valence-corrected chi connectivity index (χ1v) is 3.87. The van der Waals surface area contributed by atoms with Crippen molar-refractivity contribution in [1.29, 1.82) is 0 Å². The van der Waals surface area contributed by atoms with Crippen LogP contribution in [0.25, 0.3) is 0 Å². The molecule has 1 aromatic rings. The summed E-state index contributed by atoms with van der Waals surface area (Å²) >= 11 is 0. The standard InChI is InChI=1S/C8H7F3N2O2/c9-5-3(1-12)2-13-6(7(10)11)4(5)8(14)15/h2,7H,1,12H2,(H,14,15). The lowest BCUT2D eigenvalue weighted by Crippen LogP contribution is -2.13. The first-order chi connectivity index (χ1) is 6.99. The number of carboxylic acid groups (broad SMARTS) is 1. The highest BCUT2D eigenvalue weighted by Crippen LogP contribution is 2.24. The van der Waals surface area contributed by atoms with Crippen LogP contribution in [0.1, 0.15) is 28.0 Å². The number of carboxylic acids is 1. The van der Waals surface area contributed by atoms with Crippen molar-refractivity contribution in [2.75, 3.05) is 0 Å². The molecule has 15 heavy (non-hydrogen) atoms. The van der Waals surface area contributed by atoms with E-state index in [4.69, 9.17) is 10.8 Å². The largest absolute Gasteiger partial charge is 0.478 e. The number of carbonyl (C=O) groups is 1. The van der Waals surface area contributed by atoms with Gasteiger partial charge in [0.25, 0.3) is 6.43 Å². The number of pyridine rings is 1. The summed E-state index contributed by atoms with van der Waals surface area (Å²) in [6.45, 7) is -0.303. The van der Waals surface area contributed by atoms with Gasteiger partial charge < -0.3 is 10.8 Å². The molecule has 0 unspecified atom stereocenters. The Balaban J connectivity index is 3.44. The van der Waals surface area contributed by atoms with Gasteiger partial charge in [0.2, 0.25) is 0 Å². The highest BCUT2D eigenvalue weighted by Gasteiger charge is 2.25. The van der Waals surface area contributed by atoms with Gasteiger partial charge in [-0.2, -0.15) is 0 Å². The molecule has 0 saturated carbocycles. The molecule has 0 spiro atoms. The van der Waals surface area contributed by atoms with Gasteiger partial charge in [-0.3, -0.25) is 4.98 Å². The second-order valence-electron chi connectivity index (χ2n) is 2.67. The predicted molar refractivity (Wildman–Crippen MR) is 44.0 cm³/mol. The van der Waals surface area contributed by atoms with Crippen LogP contribution in [0.5, 0.6) is 0 Å². The van der Waals surface area contributed by atoms with E-state index < -0.39 is 29.5 Å². The average Bonchev–Trinajstić information content (AvgIpc) is 2.16. The van der Waals surface area contributed by atoms with Crippen LogP contribution in [-0.4, -0.2) is 16.1 Å². The quantitative estimate of drug-likeness (QED) is 0.805. The van der Waals surface area contributed by atoms with Crippen LogP contribution in [0.4, 0.5) is 13.2 Å². The highest BCUT2D eigenvalue weighted by atomic mass is 19.3. The molecule has 0 amide bonds. The Labute approximate surface area is 82.5 Å². The van der Waals surface area contributed by atoms with Gasteiger partial charge in [-0.25, -0.2) is 18.0 Å². The molecule has 0 bridgehead atoms. The van der Waals surface area contributed by atoms with Gasteiger partial charge in [-0.1, -0.05) is 0 Å². The molecule has 0 atom stereocenters. The van der Waals surface area contributed by atoms with Gasteiger partial charge >= 0.3 is 5.97 Å². The number of hydrogen-bond acceptors (Lipinski definition) is 3. The SMILES string of the molecule is NCc1cnc(C(F)F)c(C(=O)O)c1F. The van der Waals surface area contributed by atoms with Gasteiger partial charge in [0.15, 0.2) is 0 Å². The van der Waals surface area contributed by atoms with Crippen molar-refractivity contribution >= 4 is 5.97 Å². The van der Waals surface area contributed by atoms with E-state index in [0.29, 0.717) is 0 Å². The minimum absolute atomic E-state index is 0.211. The number of halogens is 3. The summed E-state index contributed by atoms with van der Waals surface area (Å²) in [7, 11) is 0. The van der Waals surface area contributed by atoms with Crippen molar-refractivity contribution in [2.45, 2.75) is 13.0 Å². The molecule has 0 aliphatic rings. The first kappa shape index (κ1) is 11.4. The summed E-state index contributed by atoms with van der Waals surface area (Å²) in [5, 5.41) is 8.56. The van der Waals surface area contributed by atoms with E-state index in [2.05, 4.69) is 4.98 Å². The smallest absolute Gasteiger partial charge is 0.340 e. The van der Waals surface area contributed by atoms with E-state index in [1.54, 1.807) is 0 Å². The lowest BCUT2D eigenvalue weighted by molar-refractivity contribution is 0.0675. The molecule has 0 aromatic carbocycles. The van der Waals surface area contributed by atoms with Gasteiger partial charge in [0, 0.05) is 18.3 Å². The normalized spacial score (nSPS) is 10.7. The van der Waals surface area contributed by atoms with Crippen molar-refractivity contribution in [2.24, 2.45) is 5.73 Å². The summed E-state index contributed by atoms with van der Waals surface area (Å²) in [6.07, 6.45) is -2.33. The van der Waals surface area contributed by atoms with Crippen LogP contribution < -0.4 is 5.73 Å². The third kappa shape index (κ3) is 2.07. The lowest BCUT2D eigenvalue weighted by atomic mass is 10.1. The lowest BCUT2D eigenvalue weighted by Gasteiger charge is -2.07. The molecular weight excluding hydrogens is 213 g/mol. The monoisotopic (exact) mass is 220 g/mol. The number of rotatable bonds is 3. The number of aromatic nitrogens is 1. The predicted octanol–water partition coefficient (Wildman–Crippen LogP) is 1.32. The van der Waals surface area contributed by atoms with Crippen molar-refractivity contribution in [3.63, 3.8) is 0 Å². The van der Waals surface area contributed by atoms with Crippen molar-refractivity contribution < 1.29 is 23.1 Å². The molecule has 0 fully saturated rings. The zero-order chi connectivity index (χ0) is 11.6. The summed E-state index contributed by atoms with van der Waals surface area (Å²) in [5.41, 5.74) is 2.67.